The molecule has 0 saturated carbocycles. The zero-order valence-electron chi connectivity index (χ0n) is 20.5. The van der Waals surface area contributed by atoms with Gasteiger partial charge in [0.05, 0.1) is 11.3 Å². The normalized spacial score (nSPS) is 15.5. The number of fused-ring (bicyclic) bond motifs is 1. The molecule has 35 heavy (non-hydrogen) atoms. The van der Waals surface area contributed by atoms with E-state index in [2.05, 4.69) is 42.4 Å². The number of thiophene rings is 1. The quantitative estimate of drug-likeness (QED) is 0.325. The zero-order chi connectivity index (χ0) is 25.2. The number of rotatable bonds is 8. The highest BCUT2D eigenvalue weighted by Crippen LogP contribution is 2.45. The zero-order valence-corrected chi connectivity index (χ0v) is 22.9. The second-order valence-corrected chi connectivity index (χ2v) is 12.0. The van der Waals surface area contributed by atoms with Gasteiger partial charge in [-0.2, -0.15) is 5.26 Å². The Balaban J connectivity index is 1.45. The third-order valence-corrected chi connectivity index (χ3v) is 9.50. The molecule has 0 fully saturated rings. The van der Waals surface area contributed by atoms with Crippen LogP contribution < -0.4 is 5.32 Å². The number of nitrogens with zero attached hydrogens (tertiary/aromatic N) is 4. The van der Waals surface area contributed by atoms with Crippen LogP contribution in [0.25, 0.3) is 11.4 Å². The Hall–Kier alpha value is -2.34. The number of thioether (sulfide) groups is 1. The van der Waals surface area contributed by atoms with Crippen LogP contribution in [-0.4, -0.2) is 26.4 Å². The number of aromatic nitrogens is 3. The van der Waals surface area contributed by atoms with Crippen LogP contribution in [0, 0.1) is 22.7 Å². The minimum atomic E-state index is -0.144. The van der Waals surface area contributed by atoms with Gasteiger partial charge in [-0.25, -0.2) is 0 Å². The molecule has 1 aliphatic rings. The fraction of sp³-hybridized carbons (Fsp3) is 0.462. The van der Waals surface area contributed by atoms with Crippen molar-refractivity contribution in [3.8, 4) is 17.5 Å². The van der Waals surface area contributed by atoms with Crippen LogP contribution in [0.2, 0.25) is 5.02 Å². The molecule has 0 aliphatic heterocycles. The molecule has 0 spiro atoms. The SMILES string of the molecule is CCn1c(SCC(=O)Nc2sc3c(c2C#N)CC[C@H](C(C)(C)CC)C3)nnc1-c1ccc(Cl)cc1. The molecule has 1 N–H and O–H groups in total. The molecule has 184 valence electrons. The number of carbonyl (C=O) groups is 1. The fourth-order valence-electron chi connectivity index (χ4n) is 4.53. The summed E-state index contributed by atoms with van der Waals surface area (Å²) < 4.78 is 1.99. The molecule has 0 bridgehead atoms. The summed E-state index contributed by atoms with van der Waals surface area (Å²) in [6.07, 6.45) is 4.10. The summed E-state index contributed by atoms with van der Waals surface area (Å²) in [5, 5.41) is 23.5. The van der Waals surface area contributed by atoms with Crippen LogP contribution in [-0.2, 0) is 24.2 Å². The van der Waals surface area contributed by atoms with Gasteiger partial charge in [0.2, 0.25) is 5.91 Å². The van der Waals surface area contributed by atoms with E-state index in [-0.39, 0.29) is 17.1 Å². The van der Waals surface area contributed by atoms with Crippen LogP contribution in [0.1, 0.15) is 56.5 Å². The molecular weight excluding hydrogens is 498 g/mol. The number of benzene rings is 1. The number of nitriles is 1. The Bertz CT molecular complexity index is 1260. The molecule has 2 aromatic heterocycles. The van der Waals surface area contributed by atoms with Crippen LogP contribution in [0.5, 0.6) is 0 Å². The third kappa shape index (κ3) is 5.42. The molecule has 1 aromatic carbocycles. The van der Waals surface area contributed by atoms with Gasteiger partial charge in [0.1, 0.15) is 11.1 Å². The lowest BCUT2D eigenvalue weighted by molar-refractivity contribution is -0.113. The molecule has 1 atom stereocenters. The maximum Gasteiger partial charge on any atom is 0.235 e. The molecule has 3 aromatic rings. The van der Waals surface area contributed by atoms with Crippen molar-refractivity contribution in [1.82, 2.24) is 14.8 Å². The summed E-state index contributed by atoms with van der Waals surface area (Å²) in [5.74, 6) is 1.39. The van der Waals surface area contributed by atoms with Crippen LogP contribution in [0.15, 0.2) is 29.4 Å². The summed E-state index contributed by atoms with van der Waals surface area (Å²) in [7, 11) is 0. The predicted octanol–water partition coefficient (Wildman–Crippen LogP) is 6.82. The molecule has 1 aliphatic carbocycles. The van der Waals surface area contributed by atoms with Crippen LogP contribution in [0.4, 0.5) is 5.00 Å². The van der Waals surface area contributed by atoms with Gasteiger partial charge in [-0.3, -0.25) is 4.79 Å². The van der Waals surface area contributed by atoms with Crippen molar-refractivity contribution in [2.75, 3.05) is 11.1 Å². The number of carbonyl (C=O) groups excluding carboxylic acids is 1. The predicted molar refractivity (Wildman–Crippen MR) is 144 cm³/mol. The molecule has 0 radical (unpaired) electrons. The number of hydrogen-bond acceptors (Lipinski definition) is 6. The molecule has 1 amide bonds. The standard InChI is InChI=1S/C26H30ClN5OS2/c1-5-26(3,4)17-9-12-19-20(14-28)24(35-21(19)13-17)29-22(33)15-34-25-31-30-23(32(25)6-2)16-7-10-18(27)11-8-16/h7-8,10-11,17H,5-6,9,12-13,15H2,1-4H3,(H,29,33)/t17-/m0/s1. The first-order chi connectivity index (χ1) is 16.8. The minimum absolute atomic E-state index is 0.144. The average molecular weight is 528 g/mol. The van der Waals surface area contributed by atoms with E-state index >= 15 is 0 Å². The van der Waals surface area contributed by atoms with E-state index in [1.54, 1.807) is 11.3 Å². The van der Waals surface area contributed by atoms with Gasteiger partial charge >= 0.3 is 0 Å². The highest BCUT2D eigenvalue weighted by molar-refractivity contribution is 7.99. The van der Waals surface area contributed by atoms with Crippen molar-refractivity contribution in [1.29, 1.82) is 5.26 Å². The molecule has 0 unspecified atom stereocenters. The van der Waals surface area contributed by atoms with E-state index < -0.39 is 0 Å². The molecule has 0 saturated heterocycles. The Morgan fingerprint density at radius 3 is 2.71 bits per heavy atom. The third-order valence-electron chi connectivity index (χ3n) is 7.11. The van der Waals surface area contributed by atoms with Crippen molar-refractivity contribution in [3.05, 3.63) is 45.3 Å². The van der Waals surface area contributed by atoms with Crippen molar-refractivity contribution in [3.63, 3.8) is 0 Å². The van der Waals surface area contributed by atoms with E-state index in [9.17, 15) is 10.1 Å². The second kappa shape index (κ2) is 10.7. The first-order valence-corrected chi connectivity index (χ1v) is 14.1. The number of amides is 1. The van der Waals surface area contributed by atoms with Crippen molar-refractivity contribution >= 4 is 45.6 Å². The van der Waals surface area contributed by atoms with Gasteiger partial charge in [-0.1, -0.05) is 50.6 Å². The van der Waals surface area contributed by atoms with Crippen LogP contribution in [0.3, 0.4) is 0 Å². The van der Waals surface area contributed by atoms with Gasteiger partial charge in [-0.05, 0) is 67.3 Å². The van der Waals surface area contributed by atoms with Gasteiger partial charge in [-0.15, -0.1) is 21.5 Å². The largest absolute Gasteiger partial charge is 0.316 e. The highest BCUT2D eigenvalue weighted by atomic mass is 35.5. The van der Waals surface area contributed by atoms with Crippen molar-refractivity contribution in [2.24, 2.45) is 11.3 Å². The van der Waals surface area contributed by atoms with E-state index in [4.69, 9.17) is 11.6 Å². The van der Waals surface area contributed by atoms with E-state index in [1.165, 1.54) is 16.6 Å². The molecule has 6 nitrogen and oxygen atoms in total. The van der Waals surface area contributed by atoms with Gasteiger partial charge in [0.25, 0.3) is 0 Å². The Morgan fingerprint density at radius 2 is 2.06 bits per heavy atom. The lowest BCUT2D eigenvalue weighted by Crippen LogP contribution is -2.28. The van der Waals surface area contributed by atoms with E-state index in [0.29, 0.717) is 33.2 Å². The molecule has 4 rings (SSSR count). The smallest absolute Gasteiger partial charge is 0.235 e. The maximum absolute atomic E-state index is 12.8. The summed E-state index contributed by atoms with van der Waals surface area (Å²) in [4.78, 5) is 14.1. The monoisotopic (exact) mass is 527 g/mol. The average Bonchev–Trinajstić information content (AvgIpc) is 3.42. The molecule has 9 heteroatoms. The fourth-order valence-corrected chi connectivity index (χ4v) is 6.76. The van der Waals surface area contributed by atoms with Gasteiger partial charge in [0, 0.05) is 22.0 Å². The summed E-state index contributed by atoms with van der Waals surface area (Å²) in [6.45, 7) is 9.60. The number of halogens is 1. The second-order valence-electron chi connectivity index (χ2n) is 9.50. The summed E-state index contributed by atoms with van der Waals surface area (Å²) in [5.41, 5.74) is 2.96. The van der Waals surface area contributed by atoms with Crippen LogP contribution >= 0.6 is 34.7 Å². The Labute approximate surface area is 220 Å². The number of anilines is 1. The lowest BCUT2D eigenvalue weighted by Gasteiger charge is -2.36. The first kappa shape index (κ1) is 25.7. The van der Waals surface area contributed by atoms with Gasteiger partial charge < -0.3 is 9.88 Å². The Kier molecular flexibility index (Phi) is 7.89. The van der Waals surface area contributed by atoms with E-state index in [1.807, 2.05) is 35.8 Å². The Morgan fingerprint density at radius 1 is 1.31 bits per heavy atom. The summed E-state index contributed by atoms with van der Waals surface area (Å²) >= 11 is 8.92. The molecule has 2 heterocycles. The van der Waals surface area contributed by atoms with Crippen molar-refractivity contribution < 1.29 is 4.79 Å². The summed E-state index contributed by atoms with van der Waals surface area (Å²) in [6, 6.07) is 9.82. The maximum atomic E-state index is 12.8. The first-order valence-electron chi connectivity index (χ1n) is 11.9. The van der Waals surface area contributed by atoms with Gasteiger partial charge in [0.15, 0.2) is 11.0 Å². The van der Waals surface area contributed by atoms with E-state index in [0.717, 1.165) is 42.6 Å². The highest BCUT2D eigenvalue weighted by Gasteiger charge is 2.34. The number of hydrogen-bond donors (Lipinski definition) is 1. The minimum Gasteiger partial charge on any atom is -0.316 e. The topological polar surface area (TPSA) is 83.6 Å². The number of nitrogens with one attached hydrogen (secondary N) is 1. The van der Waals surface area contributed by atoms with Crippen molar-refractivity contribution in [2.45, 2.75) is 65.1 Å². The molecular formula is C26H30ClN5OS2. The lowest BCUT2D eigenvalue weighted by atomic mass is 9.69.